The Morgan fingerprint density at radius 2 is 2.13 bits per heavy atom. The van der Waals surface area contributed by atoms with E-state index in [0.717, 1.165) is 34.8 Å². The SMILES string of the molecule is Cc1csc(-c2ccc(C3CCCN3S(=O)(=O)N(C)C)nc2)n1. The first-order chi connectivity index (χ1) is 10.9. The molecule has 0 amide bonds. The third kappa shape index (κ3) is 3.16. The summed E-state index contributed by atoms with van der Waals surface area (Å²) in [6, 6.07) is 3.70. The smallest absolute Gasteiger partial charge is 0.259 e. The minimum atomic E-state index is -3.42. The van der Waals surface area contributed by atoms with Crippen LogP contribution in [0.25, 0.3) is 10.6 Å². The van der Waals surface area contributed by atoms with Crippen LogP contribution in [0.4, 0.5) is 0 Å². The molecule has 0 N–H and O–H groups in total. The highest BCUT2D eigenvalue weighted by Crippen LogP contribution is 2.34. The summed E-state index contributed by atoms with van der Waals surface area (Å²) < 4.78 is 27.7. The molecule has 2 aromatic rings. The van der Waals surface area contributed by atoms with Gasteiger partial charge in [-0.3, -0.25) is 4.98 Å². The molecule has 1 saturated heterocycles. The van der Waals surface area contributed by atoms with Crippen molar-refractivity contribution in [1.29, 1.82) is 0 Å². The van der Waals surface area contributed by atoms with Crippen LogP contribution in [0.1, 0.15) is 30.3 Å². The molecule has 8 heteroatoms. The summed E-state index contributed by atoms with van der Waals surface area (Å²) in [4.78, 5) is 8.96. The zero-order valence-electron chi connectivity index (χ0n) is 13.4. The summed E-state index contributed by atoms with van der Waals surface area (Å²) in [5.41, 5.74) is 2.75. The monoisotopic (exact) mass is 352 g/mol. The molecular weight excluding hydrogens is 332 g/mol. The van der Waals surface area contributed by atoms with E-state index in [9.17, 15) is 8.42 Å². The topological polar surface area (TPSA) is 66.4 Å². The van der Waals surface area contributed by atoms with E-state index in [4.69, 9.17) is 0 Å². The fourth-order valence-electron chi connectivity index (χ4n) is 2.74. The van der Waals surface area contributed by atoms with Crippen LogP contribution in [0.2, 0.25) is 0 Å². The fourth-order valence-corrected chi connectivity index (χ4v) is 4.84. The quantitative estimate of drug-likeness (QED) is 0.848. The van der Waals surface area contributed by atoms with Crippen LogP contribution in [-0.2, 0) is 10.2 Å². The standard InChI is InChI=1S/C15H20N4O2S2/c1-11-10-22-15(17-11)12-6-7-13(16-9-12)14-5-4-8-19(14)23(20,21)18(2)3/h6-7,9-10,14H,4-5,8H2,1-3H3. The largest absolute Gasteiger partial charge is 0.282 e. The third-order valence-electron chi connectivity index (χ3n) is 3.96. The van der Waals surface area contributed by atoms with E-state index in [-0.39, 0.29) is 6.04 Å². The van der Waals surface area contributed by atoms with Crippen molar-refractivity contribution in [3.05, 3.63) is 35.1 Å². The Balaban J connectivity index is 1.87. The number of hydrogen-bond acceptors (Lipinski definition) is 5. The molecule has 23 heavy (non-hydrogen) atoms. The molecular formula is C15H20N4O2S2. The van der Waals surface area contributed by atoms with Gasteiger partial charge in [0.25, 0.3) is 10.2 Å². The average molecular weight is 352 g/mol. The minimum absolute atomic E-state index is 0.186. The predicted octanol–water partition coefficient (Wildman–Crippen LogP) is 2.46. The van der Waals surface area contributed by atoms with Gasteiger partial charge in [-0.05, 0) is 31.9 Å². The van der Waals surface area contributed by atoms with Gasteiger partial charge in [-0.2, -0.15) is 17.0 Å². The lowest BCUT2D eigenvalue weighted by Gasteiger charge is -2.26. The summed E-state index contributed by atoms with van der Waals surface area (Å²) in [6.45, 7) is 2.50. The molecule has 124 valence electrons. The Morgan fingerprint density at radius 3 is 2.70 bits per heavy atom. The number of aryl methyl sites for hydroxylation is 1. The van der Waals surface area contributed by atoms with Gasteiger partial charge in [0, 0.05) is 43.5 Å². The summed E-state index contributed by atoms with van der Waals surface area (Å²) in [6.07, 6.45) is 3.44. The number of aromatic nitrogens is 2. The van der Waals surface area contributed by atoms with Crippen LogP contribution in [0.15, 0.2) is 23.7 Å². The maximum Gasteiger partial charge on any atom is 0.282 e. The van der Waals surface area contributed by atoms with Crippen LogP contribution in [-0.4, -0.2) is 47.6 Å². The van der Waals surface area contributed by atoms with E-state index in [1.54, 1.807) is 35.9 Å². The lowest BCUT2D eigenvalue weighted by atomic mass is 10.1. The van der Waals surface area contributed by atoms with Gasteiger partial charge in [0.2, 0.25) is 0 Å². The van der Waals surface area contributed by atoms with E-state index in [2.05, 4.69) is 9.97 Å². The summed E-state index contributed by atoms with van der Waals surface area (Å²) >= 11 is 1.59. The lowest BCUT2D eigenvalue weighted by molar-refractivity contribution is 0.358. The molecule has 0 aromatic carbocycles. The molecule has 6 nitrogen and oxygen atoms in total. The molecule has 1 aliphatic rings. The first kappa shape index (κ1) is 16.5. The Hall–Kier alpha value is -1.35. The van der Waals surface area contributed by atoms with Crippen molar-refractivity contribution in [3.8, 4) is 10.6 Å². The predicted molar refractivity (Wildman–Crippen MR) is 91.4 cm³/mol. The van der Waals surface area contributed by atoms with Crippen LogP contribution in [0.3, 0.4) is 0 Å². The van der Waals surface area contributed by atoms with Crippen molar-refractivity contribution < 1.29 is 8.42 Å². The maximum absolute atomic E-state index is 12.4. The number of rotatable bonds is 4. The van der Waals surface area contributed by atoms with Crippen molar-refractivity contribution in [2.75, 3.05) is 20.6 Å². The molecule has 2 aromatic heterocycles. The molecule has 0 spiro atoms. The molecule has 1 unspecified atom stereocenters. The van der Waals surface area contributed by atoms with Gasteiger partial charge in [0.15, 0.2) is 0 Å². The molecule has 1 atom stereocenters. The molecule has 3 rings (SSSR count). The van der Waals surface area contributed by atoms with Crippen molar-refractivity contribution in [2.24, 2.45) is 0 Å². The average Bonchev–Trinajstić information content (AvgIpc) is 3.16. The molecule has 0 radical (unpaired) electrons. The molecule has 1 fully saturated rings. The maximum atomic E-state index is 12.4. The first-order valence-corrected chi connectivity index (χ1v) is 9.75. The van der Waals surface area contributed by atoms with E-state index < -0.39 is 10.2 Å². The molecule has 1 aliphatic heterocycles. The van der Waals surface area contributed by atoms with Gasteiger partial charge in [0.05, 0.1) is 11.7 Å². The van der Waals surface area contributed by atoms with Crippen LogP contribution in [0.5, 0.6) is 0 Å². The summed E-state index contributed by atoms with van der Waals surface area (Å²) in [5.74, 6) is 0. The van der Waals surface area contributed by atoms with Gasteiger partial charge >= 0.3 is 0 Å². The zero-order chi connectivity index (χ0) is 16.6. The van der Waals surface area contributed by atoms with E-state index in [1.807, 2.05) is 24.4 Å². The number of thiazole rings is 1. The van der Waals surface area contributed by atoms with Crippen molar-refractivity contribution in [3.63, 3.8) is 0 Å². The lowest BCUT2D eigenvalue weighted by Crippen LogP contribution is -2.39. The second kappa shape index (κ2) is 6.27. The Kier molecular flexibility index (Phi) is 4.50. The fraction of sp³-hybridized carbons (Fsp3) is 0.467. The van der Waals surface area contributed by atoms with E-state index >= 15 is 0 Å². The summed E-state index contributed by atoms with van der Waals surface area (Å²) in [5, 5.41) is 2.94. The normalized spacial score (nSPS) is 19.6. The second-order valence-corrected chi connectivity index (χ2v) is 8.78. The van der Waals surface area contributed by atoms with Gasteiger partial charge in [-0.1, -0.05) is 0 Å². The Morgan fingerprint density at radius 1 is 1.35 bits per heavy atom. The van der Waals surface area contributed by atoms with Crippen molar-refractivity contribution in [2.45, 2.75) is 25.8 Å². The van der Waals surface area contributed by atoms with Gasteiger partial charge in [0.1, 0.15) is 5.01 Å². The Bertz CT molecular complexity index is 784. The van der Waals surface area contributed by atoms with Gasteiger partial charge in [-0.25, -0.2) is 4.98 Å². The third-order valence-corrected chi connectivity index (χ3v) is 6.92. The van der Waals surface area contributed by atoms with Crippen molar-refractivity contribution in [1.82, 2.24) is 18.6 Å². The van der Waals surface area contributed by atoms with Crippen LogP contribution in [0, 0.1) is 6.92 Å². The van der Waals surface area contributed by atoms with Gasteiger partial charge in [-0.15, -0.1) is 11.3 Å². The van der Waals surface area contributed by atoms with Gasteiger partial charge < -0.3 is 0 Å². The minimum Gasteiger partial charge on any atom is -0.259 e. The Labute approximate surface area is 141 Å². The van der Waals surface area contributed by atoms with E-state index in [0.29, 0.717) is 6.54 Å². The van der Waals surface area contributed by atoms with Crippen LogP contribution < -0.4 is 0 Å². The highest BCUT2D eigenvalue weighted by Gasteiger charge is 2.37. The highest BCUT2D eigenvalue weighted by atomic mass is 32.2. The van der Waals surface area contributed by atoms with E-state index in [1.165, 1.54) is 4.31 Å². The number of hydrogen-bond donors (Lipinski definition) is 0. The highest BCUT2D eigenvalue weighted by molar-refractivity contribution is 7.86. The molecule has 3 heterocycles. The molecule has 0 saturated carbocycles. The first-order valence-electron chi connectivity index (χ1n) is 7.47. The zero-order valence-corrected chi connectivity index (χ0v) is 15.1. The number of nitrogens with zero attached hydrogens (tertiary/aromatic N) is 4. The second-order valence-electron chi connectivity index (χ2n) is 5.82. The molecule has 0 aliphatic carbocycles. The summed E-state index contributed by atoms with van der Waals surface area (Å²) in [7, 11) is -0.293. The molecule has 0 bridgehead atoms. The number of pyridine rings is 1. The van der Waals surface area contributed by atoms with Crippen LogP contribution >= 0.6 is 11.3 Å². The van der Waals surface area contributed by atoms with Crippen molar-refractivity contribution >= 4 is 21.5 Å².